The summed E-state index contributed by atoms with van der Waals surface area (Å²) >= 11 is 0. The SMILES string of the molecule is COc1ccc(CCNc2nc(-c3c(C)nn(C)c3C)nc3nc[nH]c23)cc1. The number of aryl methyl sites for hydroxylation is 2. The highest BCUT2D eigenvalue weighted by molar-refractivity contribution is 5.85. The first kappa shape index (κ1) is 18.0. The van der Waals surface area contributed by atoms with E-state index in [0.29, 0.717) is 11.5 Å². The summed E-state index contributed by atoms with van der Waals surface area (Å²) < 4.78 is 7.05. The molecule has 0 spiro atoms. The molecule has 8 heteroatoms. The van der Waals surface area contributed by atoms with Gasteiger partial charge in [0.1, 0.15) is 11.3 Å². The number of hydrogen-bond acceptors (Lipinski definition) is 6. The Balaban J connectivity index is 1.60. The fourth-order valence-corrected chi connectivity index (χ4v) is 3.29. The van der Waals surface area contributed by atoms with Crippen molar-refractivity contribution in [3.63, 3.8) is 0 Å². The highest BCUT2D eigenvalue weighted by atomic mass is 16.5. The van der Waals surface area contributed by atoms with Crippen molar-refractivity contribution in [2.24, 2.45) is 7.05 Å². The molecule has 4 aromatic rings. The average Bonchev–Trinajstić information content (AvgIpc) is 3.26. The summed E-state index contributed by atoms with van der Waals surface area (Å²) in [7, 11) is 3.59. The van der Waals surface area contributed by atoms with E-state index in [1.807, 2.05) is 37.7 Å². The van der Waals surface area contributed by atoms with Crippen LogP contribution < -0.4 is 10.1 Å². The van der Waals surface area contributed by atoms with Crippen LogP contribution in [0.25, 0.3) is 22.6 Å². The summed E-state index contributed by atoms with van der Waals surface area (Å²) in [6.45, 7) is 4.73. The van der Waals surface area contributed by atoms with Gasteiger partial charge in [0, 0.05) is 19.3 Å². The second-order valence-corrected chi connectivity index (χ2v) is 6.69. The summed E-state index contributed by atoms with van der Waals surface area (Å²) in [6, 6.07) is 8.08. The lowest BCUT2D eigenvalue weighted by Crippen LogP contribution is -2.08. The number of nitrogens with zero attached hydrogens (tertiary/aromatic N) is 5. The van der Waals surface area contributed by atoms with E-state index in [1.165, 1.54) is 5.56 Å². The number of benzene rings is 1. The van der Waals surface area contributed by atoms with Gasteiger partial charge in [-0.05, 0) is 38.0 Å². The maximum Gasteiger partial charge on any atom is 0.183 e. The molecule has 0 aliphatic carbocycles. The number of nitrogens with one attached hydrogen (secondary N) is 2. The molecule has 0 aliphatic rings. The lowest BCUT2D eigenvalue weighted by atomic mass is 10.1. The summed E-state index contributed by atoms with van der Waals surface area (Å²) in [5, 5.41) is 7.90. The standard InChI is InChI=1S/C20H23N7O/c1-12-16(13(2)27(3)26-12)18-24-19(17-20(25-18)23-11-22-17)21-10-9-14-5-7-15(28-4)8-6-14/h5-8,11H,9-10H2,1-4H3,(H2,21,22,23,24,25). The fraction of sp³-hybridized carbons (Fsp3) is 0.300. The summed E-state index contributed by atoms with van der Waals surface area (Å²) in [4.78, 5) is 16.9. The van der Waals surface area contributed by atoms with Crippen LogP contribution >= 0.6 is 0 Å². The number of hydrogen-bond donors (Lipinski definition) is 2. The van der Waals surface area contributed by atoms with Gasteiger partial charge in [-0.2, -0.15) is 5.10 Å². The maximum absolute atomic E-state index is 5.21. The van der Waals surface area contributed by atoms with Gasteiger partial charge >= 0.3 is 0 Å². The second kappa shape index (κ2) is 7.30. The number of methoxy groups -OCH3 is 1. The van der Waals surface area contributed by atoms with Crippen LogP contribution in [0.2, 0.25) is 0 Å². The smallest absolute Gasteiger partial charge is 0.183 e. The Morgan fingerprint density at radius 1 is 1.14 bits per heavy atom. The first-order chi connectivity index (χ1) is 13.6. The molecule has 0 saturated carbocycles. The van der Waals surface area contributed by atoms with E-state index in [2.05, 4.69) is 37.5 Å². The molecule has 1 aromatic carbocycles. The number of rotatable bonds is 6. The van der Waals surface area contributed by atoms with Crippen LogP contribution in [0.3, 0.4) is 0 Å². The second-order valence-electron chi connectivity index (χ2n) is 6.69. The number of anilines is 1. The molecule has 3 aromatic heterocycles. The molecule has 8 nitrogen and oxygen atoms in total. The van der Waals surface area contributed by atoms with E-state index in [1.54, 1.807) is 13.4 Å². The number of H-pyrrole nitrogens is 1. The first-order valence-electron chi connectivity index (χ1n) is 9.15. The van der Waals surface area contributed by atoms with Crippen LogP contribution in [0.5, 0.6) is 5.75 Å². The van der Waals surface area contributed by atoms with Crippen molar-refractivity contribution >= 4 is 17.0 Å². The molecule has 0 fully saturated rings. The van der Waals surface area contributed by atoms with Gasteiger partial charge in [0.15, 0.2) is 17.3 Å². The molecule has 0 saturated heterocycles. The van der Waals surface area contributed by atoms with Crippen molar-refractivity contribution in [2.75, 3.05) is 19.0 Å². The average molecular weight is 377 g/mol. The molecule has 0 unspecified atom stereocenters. The van der Waals surface area contributed by atoms with Gasteiger partial charge in [0.05, 0.1) is 24.7 Å². The summed E-state index contributed by atoms with van der Waals surface area (Å²) in [6.07, 6.45) is 2.50. The van der Waals surface area contributed by atoms with E-state index >= 15 is 0 Å². The fourth-order valence-electron chi connectivity index (χ4n) is 3.29. The van der Waals surface area contributed by atoms with Crippen molar-refractivity contribution in [2.45, 2.75) is 20.3 Å². The topological polar surface area (TPSA) is 93.5 Å². The minimum atomic E-state index is 0.634. The molecule has 0 radical (unpaired) electrons. The van der Waals surface area contributed by atoms with Crippen molar-refractivity contribution in [3.8, 4) is 17.1 Å². The number of aromatic nitrogens is 6. The molecular formula is C20H23N7O. The monoisotopic (exact) mass is 377 g/mol. The molecule has 2 N–H and O–H groups in total. The van der Waals surface area contributed by atoms with Crippen molar-refractivity contribution < 1.29 is 4.74 Å². The zero-order valence-corrected chi connectivity index (χ0v) is 16.4. The van der Waals surface area contributed by atoms with Gasteiger partial charge in [-0.15, -0.1) is 0 Å². The Morgan fingerprint density at radius 2 is 1.93 bits per heavy atom. The molecule has 0 atom stereocenters. The van der Waals surface area contributed by atoms with Gasteiger partial charge in [0.2, 0.25) is 0 Å². The Labute approximate surface area is 163 Å². The minimum absolute atomic E-state index is 0.634. The van der Waals surface area contributed by atoms with Crippen molar-refractivity contribution in [3.05, 3.63) is 47.5 Å². The molecule has 0 amide bonds. The highest BCUT2D eigenvalue weighted by Crippen LogP contribution is 2.27. The van der Waals surface area contributed by atoms with Gasteiger partial charge in [0.25, 0.3) is 0 Å². The van der Waals surface area contributed by atoms with Gasteiger partial charge in [-0.1, -0.05) is 12.1 Å². The van der Waals surface area contributed by atoms with Crippen LogP contribution in [-0.4, -0.2) is 43.4 Å². The van der Waals surface area contributed by atoms with Gasteiger partial charge in [-0.3, -0.25) is 4.68 Å². The molecule has 0 bridgehead atoms. The zero-order valence-electron chi connectivity index (χ0n) is 16.4. The molecule has 4 rings (SSSR count). The molecule has 144 valence electrons. The number of ether oxygens (including phenoxy) is 1. The predicted octanol–water partition coefficient (Wildman–Crippen LogP) is 3.03. The minimum Gasteiger partial charge on any atom is -0.497 e. The van der Waals surface area contributed by atoms with Crippen LogP contribution in [0.4, 0.5) is 5.82 Å². The van der Waals surface area contributed by atoms with Crippen LogP contribution in [0.15, 0.2) is 30.6 Å². The largest absolute Gasteiger partial charge is 0.497 e. The number of imidazole rings is 1. The number of fused-ring (bicyclic) bond motifs is 1. The lowest BCUT2D eigenvalue weighted by Gasteiger charge is -2.09. The zero-order chi connectivity index (χ0) is 19.7. The normalized spacial score (nSPS) is 11.1. The van der Waals surface area contributed by atoms with Crippen LogP contribution in [0.1, 0.15) is 17.0 Å². The Morgan fingerprint density at radius 3 is 2.61 bits per heavy atom. The van der Waals surface area contributed by atoms with Crippen molar-refractivity contribution in [1.82, 2.24) is 29.7 Å². The van der Waals surface area contributed by atoms with E-state index in [9.17, 15) is 0 Å². The van der Waals surface area contributed by atoms with E-state index in [4.69, 9.17) is 9.72 Å². The third-order valence-corrected chi connectivity index (χ3v) is 4.88. The molecule has 0 aliphatic heterocycles. The summed E-state index contributed by atoms with van der Waals surface area (Å²) in [5.41, 5.74) is 5.54. The highest BCUT2D eigenvalue weighted by Gasteiger charge is 2.18. The Kier molecular flexibility index (Phi) is 4.68. The van der Waals surface area contributed by atoms with Crippen LogP contribution in [0, 0.1) is 13.8 Å². The maximum atomic E-state index is 5.21. The quantitative estimate of drug-likeness (QED) is 0.536. The van der Waals surface area contributed by atoms with Gasteiger partial charge in [-0.25, -0.2) is 15.0 Å². The van der Waals surface area contributed by atoms with E-state index in [-0.39, 0.29) is 0 Å². The van der Waals surface area contributed by atoms with Crippen LogP contribution in [-0.2, 0) is 13.5 Å². The predicted molar refractivity (Wildman–Crippen MR) is 109 cm³/mol. The van der Waals surface area contributed by atoms with Gasteiger partial charge < -0.3 is 15.0 Å². The third-order valence-electron chi connectivity index (χ3n) is 4.88. The van der Waals surface area contributed by atoms with Crippen molar-refractivity contribution in [1.29, 1.82) is 0 Å². The lowest BCUT2D eigenvalue weighted by molar-refractivity contribution is 0.414. The third kappa shape index (κ3) is 3.28. The molecular weight excluding hydrogens is 354 g/mol. The first-order valence-corrected chi connectivity index (χ1v) is 9.15. The number of aromatic amines is 1. The Hall–Kier alpha value is -3.42. The summed E-state index contributed by atoms with van der Waals surface area (Å²) in [5.74, 6) is 2.24. The molecule has 28 heavy (non-hydrogen) atoms. The molecule has 3 heterocycles. The van der Waals surface area contributed by atoms with E-state index in [0.717, 1.165) is 47.0 Å². The Bertz CT molecular complexity index is 1110. The van der Waals surface area contributed by atoms with E-state index < -0.39 is 0 Å².